The normalized spacial score (nSPS) is 18.3. The van der Waals surface area contributed by atoms with Crippen molar-refractivity contribution in [3.63, 3.8) is 0 Å². The lowest BCUT2D eigenvalue weighted by Crippen LogP contribution is -2.16. The van der Waals surface area contributed by atoms with Crippen LogP contribution in [0.4, 0.5) is 0 Å². The molecule has 1 atom stereocenters. The van der Waals surface area contributed by atoms with Gasteiger partial charge >= 0.3 is 0 Å². The molecule has 3 nitrogen and oxygen atoms in total. The lowest BCUT2D eigenvalue weighted by molar-refractivity contribution is 0.479. The maximum Gasteiger partial charge on any atom is 0.140 e. The van der Waals surface area contributed by atoms with Crippen molar-refractivity contribution in [2.75, 3.05) is 13.1 Å². The highest BCUT2D eigenvalue weighted by atomic mass is 35.5. The summed E-state index contributed by atoms with van der Waals surface area (Å²) in [4.78, 5) is 4.57. The molecule has 19 heavy (non-hydrogen) atoms. The minimum absolute atomic E-state index is 0. The van der Waals surface area contributed by atoms with Crippen LogP contribution in [-0.2, 0) is 6.54 Å². The zero-order valence-corrected chi connectivity index (χ0v) is 12.0. The first-order chi connectivity index (χ1) is 8.84. The molecule has 2 heterocycles. The van der Waals surface area contributed by atoms with Crippen LogP contribution in [-0.4, -0.2) is 22.6 Å². The molecule has 1 aliphatic rings. The van der Waals surface area contributed by atoms with Crippen molar-refractivity contribution in [1.82, 2.24) is 14.9 Å². The Hall–Kier alpha value is -1.32. The molecule has 1 aliphatic heterocycles. The van der Waals surface area contributed by atoms with E-state index in [0.717, 1.165) is 31.4 Å². The minimum atomic E-state index is 0. The number of benzene rings is 1. The van der Waals surface area contributed by atoms with Crippen LogP contribution in [0.1, 0.15) is 12.1 Å². The molecule has 0 aliphatic carbocycles. The number of halogens is 1. The smallest absolute Gasteiger partial charge is 0.140 e. The summed E-state index contributed by atoms with van der Waals surface area (Å²) in [5, 5.41) is 3.43. The zero-order chi connectivity index (χ0) is 12.4. The Bertz CT molecular complexity index is 515. The van der Waals surface area contributed by atoms with Crippen LogP contribution in [0.25, 0.3) is 11.4 Å². The topological polar surface area (TPSA) is 29.9 Å². The van der Waals surface area contributed by atoms with Gasteiger partial charge in [0.2, 0.25) is 0 Å². The largest absolute Gasteiger partial charge is 0.328 e. The van der Waals surface area contributed by atoms with Gasteiger partial charge in [-0.15, -0.1) is 12.4 Å². The van der Waals surface area contributed by atoms with Crippen molar-refractivity contribution in [1.29, 1.82) is 0 Å². The summed E-state index contributed by atoms with van der Waals surface area (Å²) in [5.41, 5.74) is 2.46. The first kappa shape index (κ1) is 14.1. The summed E-state index contributed by atoms with van der Waals surface area (Å²) in [7, 11) is 0. The number of aryl methyl sites for hydroxylation is 1. The summed E-state index contributed by atoms with van der Waals surface area (Å²) in [6.07, 6.45) is 3.25. The second-order valence-electron chi connectivity index (χ2n) is 5.06. The van der Waals surface area contributed by atoms with Gasteiger partial charge in [0.1, 0.15) is 5.82 Å². The number of nitrogens with zero attached hydrogens (tertiary/aromatic N) is 2. The van der Waals surface area contributed by atoms with Crippen LogP contribution in [0, 0.1) is 12.8 Å². The molecule has 1 fully saturated rings. The van der Waals surface area contributed by atoms with Crippen LogP contribution >= 0.6 is 12.4 Å². The highest BCUT2D eigenvalue weighted by molar-refractivity contribution is 5.85. The first-order valence-corrected chi connectivity index (χ1v) is 6.63. The third kappa shape index (κ3) is 2.99. The van der Waals surface area contributed by atoms with Crippen LogP contribution in [0.5, 0.6) is 0 Å². The molecule has 102 valence electrons. The number of nitrogens with one attached hydrogen (secondary N) is 1. The van der Waals surface area contributed by atoms with Crippen molar-refractivity contribution in [2.24, 2.45) is 5.92 Å². The lowest BCUT2D eigenvalue weighted by Gasteiger charge is -2.14. The maximum absolute atomic E-state index is 4.57. The number of imidazole rings is 1. The Kier molecular flexibility index (Phi) is 4.61. The first-order valence-electron chi connectivity index (χ1n) is 6.63. The van der Waals surface area contributed by atoms with Crippen LogP contribution in [0.3, 0.4) is 0 Å². The zero-order valence-electron chi connectivity index (χ0n) is 11.2. The van der Waals surface area contributed by atoms with Gasteiger partial charge in [-0.25, -0.2) is 4.98 Å². The number of hydrogen-bond donors (Lipinski definition) is 1. The molecule has 3 rings (SSSR count). The molecule has 4 heteroatoms. The average Bonchev–Trinajstić information content (AvgIpc) is 3.03. The van der Waals surface area contributed by atoms with E-state index in [9.17, 15) is 0 Å². The van der Waals surface area contributed by atoms with Gasteiger partial charge in [-0.2, -0.15) is 0 Å². The highest BCUT2D eigenvalue weighted by Crippen LogP contribution is 2.22. The monoisotopic (exact) mass is 277 g/mol. The SMILES string of the molecule is Cc1cnc(-c2ccccc2)n1CC1CCNC1.Cl. The third-order valence-corrected chi connectivity index (χ3v) is 3.69. The minimum Gasteiger partial charge on any atom is -0.328 e. The van der Waals surface area contributed by atoms with E-state index in [0.29, 0.717) is 0 Å². The van der Waals surface area contributed by atoms with E-state index in [1.54, 1.807) is 0 Å². The fourth-order valence-corrected chi connectivity index (χ4v) is 2.64. The van der Waals surface area contributed by atoms with E-state index >= 15 is 0 Å². The molecular formula is C15H20ClN3. The molecule has 1 aromatic carbocycles. The van der Waals surface area contributed by atoms with Gasteiger partial charge in [-0.3, -0.25) is 0 Å². The highest BCUT2D eigenvalue weighted by Gasteiger charge is 2.18. The Morgan fingerprint density at radius 2 is 2.11 bits per heavy atom. The molecule has 1 aromatic heterocycles. The van der Waals surface area contributed by atoms with E-state index in [1.165, 1.54) is 17.7 Å². The molecule has 1 saturated heterocycles. The molecular weight excluding hydrogens is 258 g/mol. The van der Waals surface area contributed by atoms with Gasteiger partial charge in [-0.1, -0.05) is 30.3 Å². The molecule has 0 bridgehead atoms. The van der Waals surface area contributed by atoms with Crippen molar-refractivity contribution < 1.29 is 0 Å². The number of hydrogen-bond acceptors (Lipinski definition) is 2. The molecule has 0 saturated carbocycles. The maximum atomic E-state index is 4.57. The molecule has 0 amide bonds. The predicted octanol–water partition coefficient (Wildman–Crippen LogP) is 2.89. The lowest BCUT2D eigenvalue weighted by atomic mass is 10.1. The number of rotatable bonds is 3. The van der Waals surface area contributed by atoms with Crippen LogP contribution in [0.2, 0.25) is 0 Å². The molecule has 2 aromatic rings. The average molecular weight is 278 g/mol. The summed E-state index contributed by atoms with van der Waals surface area (Å²) >= 11 is 0. The third-order valence-electron chi connectivity index (χ3n) is 3.69. The summed E-state index contributed by atoms with van der Waals surface area (Å²) in [5.74, 6) is 1.83. The van der Waals surface area contributed by atoms with Gasteiger partial charge in [0, 0.05) is 24.0 Å². The molecule has 0 spiro atoms. The molecule has 1 unspecified atom stereocenters. The Balaban J connectivity index is 0.00000133. The van der Waals surface area contributed by atoms with Crippen molar-refractivity contribution in [3.05, 3.63) is 42.2 Å². The van der Waals surface area contributed by atoms with Crippen molar-refractivity contribution in [2.45, 2.75) is 19.9 Å². The van der Waals surface area contributed by atoms with Gasteiger partial charge < -0.3 is 9.88 Å². The van der Waals surface area contributed by atoms with Gasteiger partial charge in [0.15, 0.2) is 0 Å². The molecule has 1 N–H and O–H groups in total. The van der Waals surface area contributed by atoms with Crippen molar-refractivity contribution >= 4 is 12.4 Å². The predicted molar refractivity (Wildman–Crippen MR) is 80.6 cm³/mol. The van der Waals surface area contributed by atoms with Gasteiger partial charge in [0.05, 0.1) is 0 Å². The van der Waals surface area contributed by atoms with Gasteiger partial charge in [-0.05, 0) is 32.4 Å². The quantitative estimate of drug-likeness (QED) is 0.935. The van der Waals surface area contributed by atoms with E-state index in [4.69, 9.17) is 0 Å². The number of aromatic nitrogens is 2. The fraction of sp³-hybridized carbons (Fsp3) is 0.400. The fourth-order valence-electron chi connectivity index (χ4n) is 2.64. The van der Waals surface area contributed by atoms with Crippen LogP contribution < -0.4 is 5.32 Å². The van der Waals surface area contributed by atoms with E-state index in [-0.39, 0.29) is 12.4 Å². The Morgan fingerprint density at radius 1 is 1.32 bits per heavy atom. The van der Waals surface area contributed by atoms with Crippen molar-refractivity contribution in [3.8, 4) is 11.4 Å². The molecule has 0 radical (unpaired) electrons. The standard InChI is InChI=1S/C15H19N3.ClH/c1-12-9-17-15(14-5-3-2-4-6-14)18(12)11-13-7-8-16-10-13;/h2-6,9,13,16H,7-8,10-11H2,1H3;1H. The van der Waals surface area contributed by atoms with E-state index in [1.807, 2.05) is 12.3 Å². The summed E-state index contributed by atoms with van der Waals surface area (Å²) in [6.45, 7) is 5.50. The Morgan fingerprint density at radius 3 is 2.79 bits per heavy atom. The van der Waals surface area contributed by atoms with E-state index < -0.39 is 0 Å². The summed E-state index contributed by atoms with van der Waals surface area (Å²) < 4.78 is 2.35. The summed E-state index contributed by atoms with van der Waals surface area (Å²) in [6, 6.07) is 10.4. The Labute approximate surface area is 120 Å². The van der Waals surface area contributed by atoms with Gasteiger partial charge in [0.25, 0.3) is 0 Å². The second kappa shape index (κ2) is 6.22. The van der Waals surface area contributed by atoms with Crippen LogP contribution in [0.15, 0.2) is 36.5 Å². The second-order valence-corrected chi connectivity index (χ2v) is 5.06. The van der Waals surface area contributed by atoms with E-state index in [2.05, 4.69) is 46.1 Å².